The summed E-state index contributed by atoms with van der Waals surface area (Å²) in [7, 11) is 0. The van der Waals surface area contributed by atoms with Gasteiger partial charge in [0.2, 0.25) is 0 Å². The standard InChI is InChI=1S/C8H12N2OS2/c1-2-11-6-5-10-8(12)13-7-3-4-9/h2H,1,3,5-7H2,(H,10,12). The van der Waals surface area contributed by atoms with Crippen molar-refractivity contribution in [1.82, 2.24) is 5.32 Å². The van der Waals surface area contributed by atoms with Crippen LogP contribution >= 0.6 is 24.0 Å². The molecule has 0 fully saturated rings. The summed E-state index contributed by atoms with van der Waals surface area (Å²) in [6.45, 7) is 4.64. The van der Waals surface area contributed by atoms with Gasteiger partial charge in [-0.25, -0.2) is 0 Å². The number of nitrogens with zero attached hydrogens (tertiary/aromatic N) is 1. The lowest BCUT2D eigenvalue weighted by molar-refractivity contribution is 0.256. The Balaban J connectivity index is 3.21. The van der Waals surface area contributed by atoms with Crippen LogP contribution < -0.4 is 5.32 Å². The Morgan fingerprint density at radius 1 is 1.77 bits per heavy atom. The topological polar surface area (TPSA) is 45.0 Å². The highest BCUT2D eigenvalue weighted by atomic mass is 32.2. The average Bonchev–Trinajstić information content (AvgIpc) is 2.13. The van der Waals surface area contributed by atoms with Crippen LogP contribution in [0, 0.1) is 11.3 Å². The number of thioether (sulfide) groups is 1. The van der Waals surface area contributed by atoms with Gasteiger partial charge < -0.3 is 10.1 Å². The van der Waals surface area contributed by atoms with Crippen LogP contribution in [0.4, 0.5) is 0 Å². The van der Waals surface area contributed by atoms with E-state index >= 15 is 0 Å². The van der Waals surface area contributed by atoms with Gasteiger partial charge in [-0.3, -0.25) is 0 Å². The van der Waals surface area contributed by atoms with E-state index in [0.717, 1.165) is 5.75 Å². The molecule has 0 aromatic carbocycles. The van der Waals surface area contributed by atoms with Crippen LogP contribution in [0.5, 0.6) is 0 Å². The fourth-order valence-electron chi connectivity index (χ4n) is 0.536. The first-order valence-electron chi connectivity index (χ1n) is 3.81. The highest BCUT2D eigenvalue weighted by Crippen LogP contribution is 2.02. The molecule has 0 atom stereocenters. The van der Waals surface area contributed by atoms with Crippen molar-refractivity contribution in [2.45, 2.75) is 6.42 Å². The van der Waals surface area contributed by atoms with Gasteiger partial charge in [-0.1, -0.05) is 30.6 Å². The number of nitrogens with one attached hydrogen (secondary N) is 1. The zero-order valence-corrected chi connectivity index (χ0v) is 8.92. The molecule has 0 saturated carbocycles. The lowest BCUT2D eigenvalue weighted by Crippen LogP contribution is -2.22. The molecule has 5 heteroatoms. The summed E-state index contributed by atoms with van der Waals surface area (Å²) < 4.78 is 5.60. The number of rotatable bonds is 6. The van der Waals surface area contributed by atoms with E-state index in [1.807, 2.05) is 0 Å². The van der Waals surface area contributed by atoms with Gasteiger partial charge in [0.1, 0.15) is 10.9 Å². The molecule has 0 spiro atoms. The van der Waals surface area contributed by atoms with Crippen molar-refractivity contribution >= 4 is 28.3 Å². The van der Waals surface area contributed by atoms with E-state index < -0.39 is 0 Å². The second-order valence-corrected chi connectivity index (χ2v) is 3.78. The number of thiocarbonyl (C=S) groups is 1. The Morgan fingerprint density at radius 2 is 2.54 bits per heavy atom. The Kier molecular flexibility index (Phi) is 8.83. The third-order valence-corrected chi connectivity index (χ3v) is 2.37. The van der Waals surface area contributed by atoms with Crippen LogP contribution in [-0.2, 0) is 4.74 Å². The first kappa shape index (κ1) is 12.3. The minimum Gasteiger partial charge on any atom is -0.500 e. The zero-order chi connectivity index (χ0) is 9.94. The summed E-state index contributed by atoms with van der Waals surface area (Å²) in [6, 6.07) is 2.05. The van der Waals surface area contributed by atoms with E-state index in [2.05, 4.69) is 18.0 Å². The Morgan fingerprint density at radius 3 is 3.15 bits per heavy atom. The minimum absolute atomic E-state index is 0.523. The molecule has 1 N–H and O–H groups in total. The summed E-state index contributed by atoms with van der Waals surface area (Å²) in [5.41, 5.74) is 0. The largest absolute Gasteiger partial charge is 0.500 e. The van der Waals surface area contributed by atoms with Gasteiger partial charge >= 0.3 is 0 Å². The fourth-order valence-corrected chi connectivity index (χ4v) is 1.47. The maximum atomic E-state index is 8.27. The first-order valence-corrected chi connectivity index (χ1v) is 5.20. The molecule has 0 unspecified atom stereocenters. The molecule has 0 radical (unpaired) electrons. The van der Waals surface area contributed by atoms with Gasteiger partial charge in [-0.05, 0) is 0 Å². The van der Waals surface area contributed by atoms with Crippen molar-refractivity contribution in [3.8, 4) is 6.07 Å². The Labute approximate surface area is 88.1 Å². The molecule has 3 nitrogen and oxygen atoms in total. The van der Waals surface area contributed by atoms with Crippen LogP contribution in [0.2, 0.25) is 0 Å². The van der Waals surface area contributed by atoms with Gasteiger partial charge in [-0.15, -0.1) is 0 Å². The van der Waals surface area contributed by atoms with Crippen LogP contribution in [0.3, 0.4) is 0 Å². The van der Waals surface area contributed by atoms with Gasteiger partial charge in [0.15, 0.2) is 0 Å². The van der Waals surface area contributed by atoms with Crippen molar-refractivity contribution in [2.75, 3.05) is 18.9 Å². The van der Waals surface area contributed by atoms with Crippen LogP contribution in [0.25, 0.3) is 0 Å². The summed E-state index contributed by atoms with van der Waals surface area (Å²) in [5, 5.41) is 11.3. The molecule has 0 saturated heterocycles. The van der Waals surface area contributed by atoms with Crippen molar-refractivity contribution < 1.29 is 4.74 Å². The van der Waals surface area contributed by atoms with E-state index in [1.165, 1.54) is 18.0 Å². The normalized spacial score (nSPS) is 8.54. The molecule has 0 aliphatic rings. The molecular weight excluding hydrogens is 204 g/mol. The molecule has 0 aliphatic carbocycles. The summed E-state index contributed by atoms with van der Waals surface area (Å²) in [5.74, 6) is 0.741. The van der Waals surface area contributed by atoms with E-state index in [1.54, 1.807) is 0 Å². The monoisotopic (exact) mass is 216 g/mol. The molecule has 13 heavy (non-hydrogen) atoms. The van der Waals surface area contributed by atoms with Gasteiger partial charge in [0, 0.05) is 12.2 Å². The van der Waals surface area contributed by atoms with Crippen molar-refractivity contribution in [3.63, 3.8) is 0 Å². The van der Waals surface area contributed by atoms with Crippen molar-refractivity contribution in [2.24, 2.45) is 0 Å². The van der Waals surface area contributed by atoms with Crippen LogP contribution in [-0.4, -0.2) is 23.2 Å². The third kappa shape index (κ3) is 9.18. The Bertz CT molecular complexity index is 201. The highest BCUT2D eigenvalue weighted by Gasteiger charge is 1.95. The number of hydrogen-bond acceptors (Lipinski definition) is 4. The van der Waals surface area contributed by atoms with Gasteiger partial charge in [0.05, 0.1) is 18.9 Å². The predicted octanol–water partition coefficient (Wildman–Crippen LogP) is 1.67. The quantitative estimate of drug-likeness (QED) is 0.416. The molecule has 0 heterocycles. The van der Waals surface area contributed by atoms with Crippen molar-refractivity contribution in [3.05, 3.63) is 12.8 Å². The molecule has 0 bridgehead atoms. The van der Waals surface area contributed by atoms with Crippen LogP contribution in [0.15, 0.2) is 12.8 Å². The molecule has 0 aromatic heterocycles. The lowest BCUT2D eigenvalue weighted by atomic mass is 10.6. The summed E-state index contributed by atoms with van der Waals surface area (Å²) in [4.78, 5) is 0. The molecule has 0 amide bonds. The van der Waals surface area contributed by atoms with E-state index in [0.29, 0.717) is 23.9 Å². The first-order chi connectivity index (χ1) is 6.31. The maximum Gasteiger partial charge on any atom is 0.133 e. The third-order valence-electron chi connectivity index (χ3n) is 1.05. The Hall–Kier alpha value is -0.730. The lowest BCUT2D eigenvalue weighted by Gasteiger charge is -2.05. The minimum atomic E-state index is 0.523. The second kappa shape index (κ2) is 9.36. The average molecular weight is 216 g/mol. The molecule has 0 aromatic rings. The molecular formula is C8H12N2OS2. The highest BCUT2D eigenvalue weighted by molar-refractivity contribution is 8.22. The SMILES string of the molecule is C=COCCNC(=S)SCCC#N. The number of hydrogen-bond donors (Lipinski definition) is 1. The van der Waals surface area contributed by atoms with Gasteiger partial charge in [0.25, 0.3) is 0 Å². The summed E-state index contributed by atoms with van der Waals surface area (Å²) >= 11 is 6.45. The number of nitriles is 1. The van der Waals surface area contributed by atoms with Crippen molar-refractivity contribution in [1.29, 1.82) is 5.26 Å². The maximum absolute atomic E-state index is 8.27. The summed E-state index contributed by atoms with van der Waals surface area (Å²) in [6.07, 6.45) is 1.92. The van der Waals surface area contributed by atoms with Crippen LogP contribution in [0.1, 0.15) is 6.42 Å². The smallest absolute Gasteiger partial charge is 0.133 e. The number of ether oxygens (including phenoxy) is 1. The predicted molar refractivity (Wildman–Crippen MR) is 59.4 cm³/mol. The zero-order valence-electron chi connectivity index (χ0n) is 7.28. The van der Waals surface area contributed by atoms with E-state index in [-0.39, 0.29) is 0 Å². The fraction of sp³-hybridized carbons (Fsp3) is 0.500. The molecule has 0 rings (SSSR count). The van der Waals surface area contributed by atoms with E-state index in [9.17, 15) is 0 Å². The van der Waals surface area contributed by atoms with Gasteiger partial charge in [-0.2, -0.15) is 5.26 Å². The van der Waals surface area contributed by atoms with E-state index in [4.69, 9.17) is 22.2 Å². The molecule has 72 valence electrons. The second-order valence-electron chi connectivity index (χ2n) is 2.01. The molecule has 0 aliphatic heterocycles.